The Labute approximate surface area is 137 Å². The van der Waals surface area contributed by atoms with Crippen LogP contribution in [0.25, 0.3) is 0 Å². The third-order valence-electron chi connectivity index (χ3n) is 4.84. The number of fused-ring (bicyclic) bond motifs is 1. The third kappa shape index (κ3) is 2.93. The molecule has 0 radical (unpaired) electrons. The molecule has 1 atom stereocenters. The van der Waals surface area contributed by atoms with Crippen LogP contribution in [0.4, 0.5) is 0 Å². The summed E-state index contributed by atoms with van der Waals surface area (Å²) in [7, 11) is -3.53. The molecule has 1 aromatic heterocycles. The molecule has 0 amide bonds. The molecular weight excluding hydrogens is 310 g/mol. The number of hydrogen-bond donors (Lipinski definition) is 1. The van der Waals surface area contributed by atoms with Crippen molar-refractivity contribution in [2.45, 2.75) is 58.0 Å². The highest BCUT2D eigenvalue weighted by Gasteiger charge is 2.27. The molecule has 0 aliphatic carbocycles. The van der Waals surface area contributed by atoms with E-state index >= 15 is 0 Å². The van der Waals surface area contributed by atoms with E-state index < -0.39 is 10.0 Å². The maximum atomic E-state index is 13.0. The van der Waals surface area contributed by atoms with E-state index in [0.717, 1.165) is 40.9 Å². The number of benzene rings is 1. The average Bonchev–Trinajstić information content (AvgIpc) is 2.92. The van der Waals surface area contributed by atoms with Gasteiger partial charge in [0.2, 0.25) is 10.0 Å². The summed E-state index contributed by atoms with van der Waals surface area (Å²) in [6.07, 6.45) is 3.21. The van der Waals surface area contributed by atoms with Crippen LogP contribution in [-0.2, 0) is 23.0 Å². The van der Waals surface area contributed by atoms with Crippen LogP contribution in [0.15, 0.2) is 23.2 Å². The normalized spacial score (nSPS) is 18.0. The molecule has 0 saturated carbocycles. The Hall–Kier alpha value is -1.66. The van der Waals surface area contributed by atoms with Crippen LogP contribution in [0.2, 0.25) is 0 Å². The highest BCUT2D eigenvalue weighted by molar-refractivity contribution is 7.89. The van der Waals surface area contributed by atoms with Crippen LogP contribution < -0.4 is 4.72 Å². The lowest BCUT2D eigenvalue weighted by Crippen LogP contribution is -2.40. The number of hydrogen-bond acceptors (Lipinski definition) is 3. The smallest absolute Gasteiger partial charge is 0.241 e. The van der Waals surface area contributed by atoms with Crippen molar-refractivity contribution >= 4 is 10.0 Å². The molecule has 1 aromatic carbocycles. The topological polar surface area (TPSA) is 64.0 Å². The van der Waals surface area contributed by atoms with E-state index in [0.29, 0.717) is 11.3 Å². The van der Waals surface area contributed by atoms with E-state index in [1.165, 1.54) is 0 Å². The molecule has 124 valence electrons. The molecule has 0 unspecified atom stereocenters. The molecule has 1 aliphatic heterocycles. The lowest BCUT2D eigenvalue weighted by Gasteiger charge is -2.25. The Morgan fingerprint density at radius 2 is 1.83 bits per heavy atom. The van der Waals surface area contributed by atoms with Gasteiger partial charge < -0.3 is 0 Å². The number of rotatable bonds is 3. The maximum Gasteiger partial charge on any atom is 0.241 e. The molecule has 5 nitrogen and oxygen atoms in total. The fraction of sp³-hybridized carbons (Fsp3) is 0.471. The summed E-state index contributed by atoms with van der Waals surface area (Å²) in [5.41, 5.74) is 4.77. The molecule has 2 heterocycles. The summed E-state index contributed by atoms with van der Waals surface area (Å²) in [5.74, 6) is 0. The Morgan fingerprint density at radius 3 is 2.48 bits per heavy atom. The molecule has 2 aromatic rings. The van der Waals surface area contributed by atoms with Crippen LogP contribution in [0, 0.1) is 27.7 Å². The fourth-order valence-electron chi connectivity index (χ4n) is 3.33. The predicted molar refractivity (Wildman–Crippen MR) is 90.0 cm³/mol. The zero-order valence-corrected chi connectivity index (χ0v) is 14.9. The van der Waals surface area contributed by atoms with E-state index in [9.17, 15) is 8.42 Å². The number of aromatic nitrogens is 2. The molecule has 0 saturated heterocycles. The van der Waals surface area contributed by atoms with Crippen molar-refractivity contribution in [3.63, 3.8) is 0 Å². The van der Waals surface area contributed by atoms with Gasteiger partial charge in [-0.15, -0.1) is 0 Å². The quantitative estimate of drug-likeness (QED) is 0.938. The van der Waals surface area contributed by atoms with Crippen LogP contribution in [-0.4, -0.2) is 24.2 Å². The summed E-state index contributed by atoms with van der Waals surface area (Å²) in [6.45, 7) is 8.43. The molecular formula is C17H23N3O2S. The Balaban J connectivity index is 1.92. The number of aryl methyl sites for hydroxylation is 3. The van der Waals surface area contributed by atoms with Crippen LogP contribution in [0.1, 0.15) is 34.4 Å². The van der Waals surface area contributed by atoms with E-state index in [2.05, 4.69) is 9.82 Å². The minimum atomic E-state index is -3.53. The van der Waals surface area contributed by atoms with Crippen molar-refractivity contribution in [3.05, 3.63) is 46.3 Å². The summed E-state index contributed by atoms with van der Waals surface area (Å²) < 4.78 is 30.8. The lowest BCUT2D eigenvalue weighted by molar-refractivity contribution is 0.414. The molecule has 0 bridgehead atoms. The van der Waals surface area contributed by atoms with E-state index in [1.54, 1.807) is 6.20 Å². The standard InChI is InChI=1S/C17H23N3O2S/c1-11-9-12(2)14(4)17(13(11)3)23(21,22)19-15-6-8-20-16(10-15)5-7-18-20/h5,7,9,15,19H,6,8,10H2,1-4H3/t15-/m0/s1. The largest absolute Gasteiger partial charge is 0.269 e. The van der Waals surface area contributed by atoms with Crippen molar-refractivity contribution in [3.8, 4) is 0 Å². The monoisotopic (exact) mass is 333 g/mol. The molecule has 3 rings (SSSR count). The van der Waals surface area contributed by atoms with Gasteiger partial charge in [-0.2, -0.15) is 5.10 Å². The molecule has 0 fully saturated rings. The molecule has 6 heteroatoms. The third-order valence-corrected chi connectivity index (χ3v) is 6.63. The van der Waals surface area contributed by atoms with E-state index in [4.69, 9.17) is 0 Å². The van der Waals surface area contributed by atoms with Crippen molar-refractivity contribution in [1.29, 1.82) is 0 Å². The van der Waals surface area contributed by atoms with Crippen molar-refractivity contribution in [2.75, 3.05) is 0 Å². The first kappa shape index (κ1) is 16.2. The van der Waals surface area contributed by atoms with Gasteiger partial charge in [0, 0.05) is 30.9 Å². The van der Waals surface area contributed by atoms with E-state index in [1.807, 2.05) is 44.5 Å². The summed E-state index contributed by atoms with van der Waals surface area (Å²) >= 11 is 0. The maximum absolute atomic E-state index is 13.0. The Morgan fingerprint density at radius 1 is 1.17 bits per heavy atom. The summed E-state index contributed by atoms with van der Waals surface area (Å²) in [4.78, 5) is 0.439. The van der Waals surface area contributed by atoms with Crippen molar-refractivity contribution < 1.29 is 8.42 Å². The Bertz CT molecular complexity index is 827. The molecule has 1 aliphatic rings. The fourth-order valence-corrected chi connectivity index (χ4v) is 5.22. The second-order valence-electron chi connectivity index (χ2n) is 6.45. The minimum Gasteiger partial charge on any atom is -0.269 e. The second-order valence-corrected chi connectivity index (χ2v) is 8.10. The van der Waals surface area contributed by atoms with Gasteiger partial charge in [-0.05, 0) is 62.4 Å². The van der Waals surface area contributed by atoms with Gasteiger partial charge in [0.15, 0.2) is 0 Å². The van der Waals surface area contributed by atoms with Crippen molar-refractivity contribution in [2.24, 2.45) is 0 Å². The van der Waals surface area contributed by atoms with Gasteiger partial charge in [-0.3, -0.25) is 4.68 Å². The van der Waals surface area contributed by atoms with Crippen LogP contribution in [0.5, 0.6) is 0 Å². The van der Waals surface area contributed by atoms with Gasteiger partial charge in [-0.1, -0.05) is 6.07 Å². The zero-order chi connectivity index (χ0) is 16.8. The van der Waals surface area contributed by atoms with Gasteiger partial charge in [0.05, 0.1) is 4.90 Å². The van der Waals surface area contributed by atoms with E-state index in [-0.39, 0.29) is 6.04 Å². The molecule has 23 heavy (non-hydrogen) atoms. The highest BCUT2D eigenvalue weighted by Crippen LogP contribution is 2.27. The van der Waals surface area contributed by atoms with Gasteiger partial charge in [0.1, 0.15) is 0 Å². The van der Waals surface area contributed by atoms with Gasteiger partial charge in [0.25, 0.3) is 0 Å². The predicted octanol–water partition coefficient (Wildman–Crippen LogP) is 2.41. The summed E-state index contributed by atoms with van der Waals surface area (Å²) in [6, 6.07) is 3.92. The first-order valence-corrected chi connectivity index (χ1v) is 9.38. The number of nitrogens with zero attached hydrogens (tertiary/aromatic N) is 2. The average molecular weight is 333 g/mol. The molecule has 0 spiro atoms. The SMILES string of the molecule is Cc1cc(C)c(C)c(S(=O)(=O)N[C@H]2CCn3nccc3C2)c1C. The van der Waals surface area contributed by atoms with Crippen molar-refractivity contribution in [1.82, 2.24) is 14.5 Å². The number of sulfonamides is 1. The lowest BCUT2D eigenvalue weighted by atomic mass is 10.0. The highest BCUT2D eigenvalue weighted by atomic mass is 32.2. The first-order valence-electron chi connectivity index (χ1n) is 7.90. The summed E-state index contributed by atoms with van der Waals surface area (Å²) in [5, 5.41) is 4.24. The van der Waals surface area contributed by atoms with Crippen LogP contribution >= 0.6 is 0 Å². The minimum absolute atomic E-state index is 0.0798. The molecule has 1 N–H and O–H groups in total. The second kappa shape index (κ2) is 5.76. The van der Waals surface area contributed by atoms with Crippen LogP contribution in [0.3, 0.4) is 0 Å². The van der Waals surface area contributed by atoms with Gasteiger partial charge >= 0.3 is 0 Å². The Kier molecular flexibility index (Phi) is 4.06. The first-order chi connectivity index (χ1) is 10.8. The zero-order valence-electron chi connectivity index (χ0n) is 14.0. The van der Waals surface area contributed by atoms with Gasteiger partial charge in [-0.25, -0.2) is 13.1 Å². The number of nitrogens with one attached hydrogen (secondary N) is 1.